The Balaban J connectivity index is 1.78. The highest BCUT2D eigenvalue weighted by Gasteiger charge is 2.39. The molecule has 0 saturated carbocycles. The van der Waals surface area contributed by atoms with Gasteiger partial charge in [0.15, 0.2) is 6.10 Å². The number of phosphoric ester groups is 1. The second-order valence-electron chi connectivity index (χ2n) is 8.17. The first-order valence-corrected chi connectivity index (χ1v) is 13.6. The molecule has 0 aromatic heterocycles. The Labute approximate surface area is 197 Å². The predicted molar refractivity (Wildman–Crippen MR) is 124 cm³/mol. The molecule has 188 valence electrons. The fourth-order valence-corrected chi connectivity index (χ4v) is 4.71. The first-order valence-electron chi connectivity index (χ1n) is 12.1. The lowest BCUT2D eigenvalue weighted by molar-refractivity contribution is -0.195. The number of carbonyl (C=O) groups is 1. The van der Waals surface area contributed by atoms with Crippen LogP contribution in [0.4, 0.5) is 0 Å². The molecular formula is C24H39O8P. The molecular weight excluding hydrogens is 447 g/mol. The average molecular weight is 487 g/mol. The van der Waals surface area contributed by atoms with E-state index < -0.39 is 32.8 Å². The zero-order valence-corrected chi connectivity index (χ0v) is 20.6. The molecule has 1 aromatic carbocycles. The van der Waals surface area contributed by atoms with Crippen LogP contribution in [0.25, 0.3) is 0 Å². The van der Waals surface area contributed by atoms with Gasteiger partial charge in [-0.3, -0.25) is 18.4 Å². The Morgan fingerprint density at radius 2 is 1.61 bits per heavy atom. The molecule has 2 unspecified atom stereocenters. The summed E-state index contributed by atoms with van der Waals surface area (Å²) in [7, 11) is -3.83. The van der Waals surface area contributed by atoms with E-state index in [1.165, 1.54) is 38.5 Å². The van der Waals surface area contributed by atoms with Crippen LogP contribution in [0.15, 0.2) is 30.3 Å². The number of ether oxygens (including phenoxy) is 2. The van der Waals surface area contributed by atoms with Gasteiger partial charge in [0.2, 0.25) is 6.29 Å². The zero-order chi connectivity index (χ0) is 23.8. The Morgan fingerprint density at radius 1 is 1.00 bits per heavy atom. The van der Waals surface area contributed by atoms with Crippen molar-refractivity contribution in [2.75, 3.05) is 19.8 Å². The van der Waals surface area contributed by atoms with Crippen molar-refractivity contribution in [2.45, 2.75) is 90.1 Å². The van der Waals surface area contributed by atoms with Gasteiger partial charge in [0.1, 0.15) is 0 Å². The van der Waals surface area contributed by atoms with Crippen LogP contribution in [-0.4, -0.2) is 43.3 Å². The zero-order valence-electron chi connectivity index (χ0n) is 19.7. The molecule has 8 nitrogen and oxygen atoms in total. The fraction of sp³-hybridized carbons (Fsp3) is 0.708. The number of hydrogen-bond donors (Lipinski definition) is 1. The third-order valence-electron chi connectivity index (χ3n) is 5.32. The Bertz CT molecular complexity index is 689. The quantitative estimate of drug-likeness (QED) is 0.125. The van der Waals surface area contributed by atoms with E-state index in [-0.39, 0.29) is 26.2 Å². The van der Waals surface area contributed by atoms with E-state index in [1.807, 2.05) is 30.3 Å². The standard InChI is InChI=1S/C24H39O8P/c1-2-3-4-5-6-7-8-9-13-16-23(26)31-22(19-25)24(32-33(27)29-17-18-30-33)28-20-21-14-11-10-12-15-21/h10-12,14-15,22,24-25H,2-9,13,16-20H2,1H3. The fourth-order valence-electron chi connectivity index (χ4n) is 3.47. The maximum absolute atomic E-state index is 12.5. The summed E-state index contributed by atoms with van der Waals surface area (Å²) in [6.07, 6.45) is 8.07. The summed E-state index contributed by atoms with van der Waals surface area (Å²) in [5, 5.41) is 9.82. The van der Waals surface area contributed by atoms with Gasteiger partial charge >= 0.3 is 13.8 Å². The van der Waals surface area contributed by atoms with Crippen molar-refractivity contribution >= 4 is 13.8 Å². The second-order valence-corrected chi connectivity index (χ2v) is 9.80. The molecule has 1 heterocycles. The van der Waals surface area contributed by atoms with Crippen LogP contribution in [0.2, 0.25) is 0 Å². The Hall–Kier alpha value is -1.28. The summed E-state index contributed by atoms with van der Waals surface area (Å²) in [5.74, 6) is -0.458. The van der Waals surface area contributed by atoms with Gasteiger partial charge in [-0.15, -0.1) is 0 Å². The molecule has 1 N–H and O–H groups in total. The lowest BCUT2D eigenvalue weighted by Crippen LogP contribution is -2.38. The van der Waals surface area contributed by atoms with Crippen molar-refractivity contribution < 1.29 is 37.5 Å². The molecule has 0 amide bonds. The van der Waals surface area contributed by atoms with Gasteiger partial charge in [-0.2, -0.15) is 0 Å². The molecule has 9 heteroatoms. The molecule has 33 heavy (non-hydrogen) atoms. The van der Waals surface area contributed by atoms with E-state index in [2.05, 4.69) is 6.92 Å². The van der Waals surface area contributed by atoms with Crippen LogP contribution < -0.4 is 0 Å². The molecule has 2 atom stereocenters. The molecule has 0 bridgehead atoms. The summed E-state index contributed by atoms with van der Waals surface area (Å²) in [6, 6.07) is 9.29. The van der Waals surface area contributed by atoms with Crippen LogP contribution in [0.5, 0.6) is 0 Å². The van der Waals surface area contributed by atoms with Crippen LogP contribution >= 0.6 is 7.82 Å². The van der Waals surface area contributed by atoms with Crippen molar-refractivity contribution in [3.63, 3.8) is 0 Å². The van der Waals surface area contributed by atoms with Crippen LogP contribution in [0.3, 0.4) is 0 Å². The highest BCUT2D eigenvalue weighted by molar-refractivity contribution is 7.48. The van der Waals surface area contributed by atoms with Gasteiger partial charge in [-0.05, 0) is 12.0 Å². The first kappa shape index (κ1) is 28.0. The smallest absolute Gasteiger partial charge is 0.454 e. The second kappa shape index (κ2) is 16.4. The lowest BCUT2D eigenvalue weighted by atomic mass is 10.1. The van der Waals surface area contributed by atoms with Gasteiger partial charge in [-0.25, -0.2) is 4.57 Å². The molecule has 2 rings (SSSR count). The summed E-state index contributed by atoms with van der Waals surface area (Å²) in [5.41, 5.74) is 0.843. The van der Waals surface area contributed by atoms with Crippen LogP contribution in [0.1, 0.15) is 76.7 Å². The van der Waals surface area contributed by atoms with E-state index in [4.69, 9.17) is 23.0 Å². The van der Waals surface area contributed by atoms with Crippen molar-refractivity contribution in [1.29, 1.82) is 0 Å². The lowest BCUT2D eigenvalue weighted by Gasteiger charge is -2.27. The minimum atomic E-state index is -3.83. The van der Waals surface area contributed by atoms with Gasteiger partial charge in [0, 0.05) is 6.42 Å². The molecule has 1 aromatic rings. The number of aliphatic hydroxyl groups excluding tert-OH is 1. The molecule has 1 saturated heterocycles. The van der Waals surface area contributed by atoms with Crippen molar-refractivity contribution in [1.82, 2.24) is 0 Å². The van der Waals surface area contributed by atoms with Crippen LogP contribution in [0, 0.1) is 0 Å². The van der Waals surface area contributed by atoms with Crippen molar-refractivity contribution in [2.24, 2.45) is 0 Å². The summed E-state index contributed by atoms with van der Waals surface area (Å²) < 4.78 is 39.2. The number of aliphatic hydroxyl groups is 1. The minimum absolute atomic E-state index is 0.109. The van der Waals surface area contributed by atoms with Gasteiger partial charge in [0.25, 0.3) is 0 Å². The molecule has 1 fully saturated rings. The number of esters is 1. The Morgan fingerprint density at radius 3 is 2.21 bits per heavy atom. The summed E-state index contributed by atoms with van der Waals surface area (Å²) in [6.45, 7) is 2.03. The van der Waals surface area contributed by atoms with Crippen molar-refractivity contribution in [3.8, 4) is 0 Å². The van der Waals surface area contributed by atoms with E-state index >= 15 is 0 Å². The average Bonchev–Trinajstić information content (AvgIpc) is 3.26. The van der Waals surface area contributed by atoms with E-state index in [9.17, 15) is 14.5 Å². The number of benzene rings is 1. The van der Waals surface area contributed by atoms with E-state index in [1.54, 1.807) is 0 Å². The van der Waals surface area contributed by atoms with Gasteiger partial charge in [0.05, 0.1) is 26.4 Å². The third-order valence-corrected chi connectivity index (χ3v) is 6.79. The summed E-state index contributed by atoms with van der Waals surface area (Å²) in [4.78, 5) is 12.3. The van der Waals surface area contributed by atoms with E-state index in [0.29, 0.717) is 6.42 Å². The van der Waals surface area contributed by atoms with Crippen LogP contribution in [-0.2, 0) is 39.0 Å². The predicted octanol–water partition coefficient (Wildman–Crippen LogP) is 5.53. The first-order chi connectivity index (χ1) is 16.1. The molecule has 1 aliphatic rings. The number of carbonyl (C=O) groups excluding carboxylic acids is 1. The SMILES string of the molecule is CCCCCCCCCCCC(=O)OC(CO)C(OCc1ccccc1)OP1(=O)OCCO1. The maximum atomic E-state index is 12.5. The molecule has 1 aliphatic heterocycles. The number of unbranched alkanes of at least 4 members (excludes halogenated alkanes) is 8. The highest BCUT2D eigenvalue weighted by Crippen LogP contribution is 2.54. The largest absolute Gasteiger partial charge is 0.477 e. The van der Waals surface area contributed by atoms with Gasteiger partial charge < -0.3 is 14.6 Å². The number of rotatable bonds is 18. The number of hydrogen-bond acceptors (Lipinski definition) is 8. The van der Waals surface area contributed by atoms with Crippen molar-refractivity contribution in [3.05, 3.63) is 35.9 Å². The van der Waals surface area contributed by atoms with E-state index in [0.717, 1.165) is 18.4 Å². The summed E-state index contributed by atoms with van der Waals surface area (Å²) >= 11 is 0. The molecule has 0 aliphatic carbocycles. The minimum Gasteiger partial charge on any atom is -0.454 e. The van der Waals surface area contributed by atoms with Gasteiger partial charge in [-0.1, -0.05) is 88.6 Å². The maximum Gasteiger partial charge on any atom is 0.477 e. The monoisotopic (exact) mass is 486 g/mol. The third kappa shape index (κ3) is 11.6. The number of phosphoric acid groups is 1. The topological polar surface area (TPSA) is 101 Å². The highest BCUT2D eigenvalue weighted by atomic mass is 31.2. The molecule has 0 spiro atoms. The molecule has 0 radical (unpaired) electrons. The Kier molecular flexibility index (Phi) is 13.9. The normalized spacial score (nSPS) is 17.0.